The molecule has 0 radical (unpaired) electrons. The summed E-state index contributed by atoms with van der Waals surface area (Å²) in [7, 11) is 0. The van der Waals surface area contributed by atoms with E-state index >= 15 is 0 Å². The van der Waals surface area contributed by atoms with E-state index in [0.717, 1.165) is 17.5 Å². The lowest BCUT2D eigenvalue weighted by molar-refractivity contribution is 0.133. The molecular formula is C19H20FNO3. The maximum atomic E-state index is 13.0. The molecule has 0 bridgehead atoms. The number of ether oxygens (including phenoxy) is 1. The lowest BCUT2D eigenvalue weighted by Gasteiger charge is -2.16. The first-order valence-electron chi connectivity index (χ1n) is 7.94. The van der Waals surface area contributed by atoms with E-state index in [0.29, 0.717) is 6.54 Å². The molecule has 24 heavy (non-hydrogen) atoms. The second-order valence-electron chi connectivity index (χ2n) is 6.24. The third-order valence-electron chi connectivity index (χ3n) is 4.57. The Labute approximate surface area is 140 Å². The average molecular weight is 329 g/mol. The fourth-order valence-electron chi connectivity index (χ4n) is 2.96. The lowest BCUT2D eigenvalue weighted by Crippen LogP contribution is -2.33. The molecule has 1 amide bonds. The van der Waals surface area contributed by atoms with Crippen LogP contribution in [0.4, 0.5) is 9.18 Å². The molecule has 0 spiro atoms. The van der Waals surface area contributed by atoms with Crippen molar-refractivity contribution in [3.8, 4) is 0 Å². The summed E-state index contributed by atoms with van der Waals surface area (Å²) in [4.78, 5) is 11.8. The second-order valence-corrected chi connectivity index (χ2v) is 6.24. The SMILES string of the molecule is O=C(NCC1(CO)CC1c1ccc(F)cc1)OCc1ccccc1. The van der Waals surface area contributed by atoms with Gasteiger partial charge in [0.25, 0.3) is 0 Å². The van der Waals surface area contributed by atoms with Gasteiger partial charge in [0.15, 0.2) is 0 Å². The van der Waals surface area contributed by atoms with Gasteiger partial charge in [-0.3, -0.25) is 0 Å². The molecule has 2 N–H and O–H groups in total. The summed E-state index contributed by atoms with van der Waals surface area (Å²) < 4.78 is 18.2. The van der Waals surface area contributed by atoms with Crippen LogP contribution in [0.25, 0.3) is 0 Å². The molecule has 0 aliphatic heterocycles. The summed E-state index contributed by atoms with van der Waals surface area (Å²) >= 11 is 0. The first-order chi connectivity index (χ1) is 11.6. The number of halogens is 1. The lowest BCUT2D eigenvalue weighted by atomic mass is 10.00. The maximum absolute atomic E-state index is 13.0. The van der Waals surface area contributed by atoms with Gasteiger partial charge in [-0.2, -0.15) is 0 Å². The van der Waals surface area contributed by atoms with E-state index in [-0.39, 0.29) is 30.4 Å². The predicted molar refractivity (Wildman–Crippen MR) is 87.9 cm³/mol. The highest BCUT2D eigenvalue weighted by atomic mass is 19.1. The molecule has 1 fully saturated rings. The van der Waals surface area contributed by atoms with Crippen molar-refractivity contribution in [3.05, 3.63) is 71.5 Å². The van der Waals surface area contributed by atoms with Crippen LogP contribution in [-0.2, 0) is 11.3 Å². The molecule has 0 saturated heterocycles. The minimum Gasteiger partial charge on any atom is -0.445 e. The fraction of sp³-hybridized carbons (Fsp3) is 0.316. The number of amides is 1. The van der Waals surface area contributed by atoms with Gasteiger partial charge in [-0.25, -0.2) is 9.18 Å². The second kappa shape index (κ2) is 7.01. The summed E-state index contributed by atoms with van der Waals surface area (Å²) in [5, 5.41) is 12.4. The van der Waals surface area contributed by atoms with Crippen molar-refractivity contribution in [1.82, 2.24) is 5.32 Å². The Hall–Kier alpha value is -2.40. The van der Waals surface area contributed by atoms with E-state index < -0.39 is 6.09 Å². The molecule has 2 aromatic carbocycles. The zero-order valence-corrected chi connectivity index (χ0v) is 13.2. The van der Waals surface area contributed by atoms with Crippen LogP contribution in [-0.4, -0.2) is 24.4 Å². The van der Waals surface area contributed by atoms with Gasteiger partial charge in [0.1, 0.15) is 12.4 Å². The molecule has 0 heterocycles. The first-order valence-corrected chi connectivity index (χ1v) is 7.94. The molecule has 1 saturated carbocycles. The Morgan fingerprint density at radius 3 is 2.58 bits per heavy atom. The first kappa shape index (κ1) is 16.5. The van der Waals surface area contributed by atoms with Crippen LogP contribution >= 0.6 is 0 Å². The largest absolute Gasteiger partial charge is 0.445 e. The van der Waals surface area contributed by atoms with Crippen LogP contribution in [0.15, 0.2) is 54.6 Å². The van der Waals surface area contributed by atoms with Crippen molar-refractivity contribution in [2.24, 2.45) is 5.41 Å². The molecule has 4 nitrogen and oxygen atoms in total. The van der Waals surface area contributed by atoms with Gasteiger partial charge in [-0.15, -0.1) is 0 Å². The summed E-state index contributed by atoms with van der Waals surface area (Å²) in [6.07, 6.45) is 0.255. The minimum atomic E-state index is -0.503. The van der Waals surface area contributed by atoms with Gasteiger partial charge in [0, 0.05) is 12.0 Å². The molecule has 1 aliphatic rings. The van der Waals surface area contributed by atoms with Crippen LogP contribution in [0, 0.1) is 11.2 Å². The molecule has 0 aromatic heterocycles. The molecule has 2 atom stereocenters. The number of carbonyl (C=O) groups is 1. The van der Waals surface area contributed by atoms with E-state index in [1.165, 1.54) is 12.1 Å². The van der Waals surface area contributed by atoms with E-state index in [2.05, 4.69) is 5.32 Å². The predicted octanol–water partition coefficient (Wildman–Crippen LogP) is 3.22. The normalized spacial score (nSPS) is 22.0. The van der Waals surface area contributed by atoms with E-state index in [1.54, 1.807) is 12.1 Å². The van der Waals surface area contributed by atoms with Crippen molar-refractivity contribution < 1.29 is 19.0 Å². The Kier molecular flexibility index (Phi) is 4.81. The Morgan fingerprint density at radius 2 is 1.92 bits per heavy atom. The number of aliphatic hydroxyl groups excluding tert-OH is 1. The summed E-state index contributed by atoms with van der Waals surface area (Å²) in [6, 6.07) is 15.7. The highest BCUT2D eigenvalue weighted by Gasteiger charge is 2.54. The number of hydrogen-bond donors (Lipinski definition) is 2. The van der Waals surface area contributed by atoms with E-state index in [4.69, 9.17) is 4.74 Å². The van der Waals surface area contributed by atoms with Crippen molar-refractivity contribution in [2.75, 3.05) is 13.2 Å². The standard InChI is InChI=1S/C19H20FNO3/c20-16-8-6-15(7-9-16)17-10-19(17,13-22)12-21-18(23)24-11-14-4-2-1-3-5-14/h1-9,17,22H,10-13H2,(H,21,23). The van der Waals surface area contributed by atoms with Crippen molar-refractivity contribution in [1.29, 1.82) is 0 Å². The molecule has 2 unspecified atom stereocenters. The number of carbonyl (C=O) groups excluding carboxylic acids is 1. The van der Waals surface area contributed by atoms with Crippen molar-refractivity contribution in [3.63, 3.8) is 0 Å². The van der Waals surface area contributed by atoms with Crippen molar-refractivity contribution >= 4 is 6.09 Å². The third kappa shape index (κ3) is 3.74. The van der Waals surface area contributed by atoms with E-state index in [1.807, 2.05) is 30.3 Å². The highest BCUT2D eigenvalue weighted by Crippen LogP contribution is 2.58. The third-order valence-corrected chi connectivity index (χ3v) is 4.57. The number of hydrogen-bond acceptors (Lipinski definition) is 3. The van der Waals surface area contributed by atoms with Gasteiger partial charge in [0.05, 0.1) is 6.61 Å². The number of nitrogens with one attached hydrogen (secondary N) is 1. The number of alkyl carbamates (subject to hydrolysis) is 1. The molecule has 1 aliphatic carbocycles. The van der Waals surface area contributed by atoms with Crippen LogP contribution in [0.5, 0.6) is 0 Å². The van der Waals surface area contributed by atoms with Crippen LogP contribution in [0.2, 0.25) is 0 Å². The summed E-state index contributed by atoms with van der Waals surface area (Å²) in [5.41, 5.74) is 1.51. The van der Waals surface area contributed by atoms with E-state index in [9.17, 15) is 14.3 Å². The Balaban J connectivity index is 1.50. The smallest absolute Gasteiger partial charge is 0.407 e. The topological polar surface area (TPSA) is 58.6 Å². The minimum absolute atomic E-state index is 0.0337. The Morgan fingerprint density at radius 1 is 1.21 bits per heavy atom. The summed E-state index contributed by atoms with van der Waals surface area (Å²) in [5.74, 6) is -0.158. The summed E-state index contributed by atoms with van der Waals surface area (Å²) in [6.45, 7) is 0.507. The molecular weight excluding hydrogens is 309 g/mol. The van der Waals surface area contributed by atoms with Gasteiger partial charge < -0.3 is 15.2 Å². The van der Waals surface area contributed by atoms with Gasteiger partial charge in [0.2, 0.25) is 0 Å². The highest BCUT2D eigenvalue weighted by molar-refractivity contribution is 5.67. The zero-order chi connectivity index (χ0) is 17.0. The zero-order valence-electron chi connectivity index (χ0n) is 13.2. The monoisotopic (exact) mass is 329 g/mol. The quantitative estimate of drug-likeness (QED) is 0.855. The van der Waals surface area contributed by atoms with Gasteiger partial charge >= 0.3 is 6.09 Å². The average Bonchev–Trinajstić information content (AvgIpc) is 3.35. The van der Waals surface area contributed by atoms with Crippen LogP contribution in [0.1, 0.15) is 23.5 Å². The molecule has 126 valence electrons. The van der Waals surface area contributed by atoms with Gasteiger partial charge in [-0.05, 0) is 35.6 Å². The van der Waals surface area contributed by atoms with Gasteiger partial charge in [-0.1, -0.05) is 42.5 Å². The van der Waals surface area contributed by atoms with Crippen molar-refractivity contribution in [2.45, 2.75) is 18.9 Å². The molecule has 2 aromatic rings. The Bertz CT molecular complexity index is 690. The number of rotatable bonds is 6. The number of benzene rings is 2. The molecule has 5 heteroatoms. The molecule has 3 rings (SSSR count). The maximum Gasteiger partial charge on any atom is 0.407 e. The van der Waals surface area contributed by atoms with Crippen LogP contribution in [0.3, 0.4) is 0 Å². The van der Waals surface area contributed by atoms with Crippen LogP contribution < -0.4 is 5.32 Å². The number of aliphatic hydroxyl groups is 1. The fourth-order valence-corrected chi connectivity index (χ4v) is 2.96.